The van der Waals surface area contributed by atoms with Crippen LogP contribution in [-0.2, 0) is 19.4 Å². The van der Waals surface area contributed by atoms with E-state index in [9.17, 15) is 4.79 Å². The van der Waals surface area contributed by atoms with E-state index in [0.29, 0.717) is 12.2 Å². The van der Waals surface area contributed by atoms with E-state index in [2.05, 4.69) is 32.5 Å². The molecule has 0 fully saturated rings. The van der Waals surface area contributed by atoms with E-state index in [4.69, 9.17) is 0 Å². The highest BCUT2D eigenvalue weighted by atomic mass is 16.1. The fourth-order valence-electron chi connectivity index (χ4n) is 2.85. The van der Waals surface area contributed by atoms with Crippen LogP contribution in [-0.4, -0.2) is 30.2 Å². The third-order valence-electron chi connectivity index (χ3n) is 4.18. The van der Waals surface area contributed by atoms with Gasteiger partial charge in [0, 0.05) is 37.6 Å². The Morgan fingerprint density at radius 3 is 2.68 bits per heavy atom. The van der Waals surface area contributed by atoms with E-state index < -0.39 is 0 Å². The molecule has 2 N–H and O–H groups in total. The Bertz CT molecular complexity index is 658. The quantitative estimate of drug-likeness (QED) is 0.910. The maximum atomic E-state index is 12.3. The number of H-pyrrole nitrogens is 1. The van der Waals surface area contributed by atoms with E-state index in [1.54, 1.807) is 0 Å². The lowest BCUT2D eigenvalue weighted by Crippen LogP contribution is -2.24. The molecule has 1 amide bonds. The van der Waals surface area contributed by atoms with Crippen molar-refractivity contribution in [3.63, 3.8) is 0 Å². The predicted octanol–water partition coefficient (Wildman–Crippen LogP) is 2.28. The molecule has 1 aromatic carbocycles. The highest BCUT2D eigenvalue weighted by molar-refractivity contribution is 5.94. The van der Waals surface area contributed by atoms with Gasteiger partial charge in [0.05, 0.1) is 0 Å². The van der Waals surface area contributed by atoms with Gasteiger partial charge >= 0.3 is 0 Å². The second-order valence-corrected chi connectivity index (χ2v) is 5.98. The molecule has 116 valence electrons. The third-order valence-corrected chi connectivity index (χ3v) is 4.18. The van der Waals surface area contributed by atoms with Gasteiger partial charge in [-0.15, -0.1) is 0 Å². The molecule has 3 rings (SSSR count). The van der Waals surface area contributed by atoms with Crippen LogP contribution in [0.4, 0.5) is 5.69 Å². The summed E-state index contributed by atoms with van der Waals surface area (Å²) in [6, 6.07) is 8.18. The van der Waals surface area contributed by atoms with Gasteiger partial charge < -0.3 is 10.2 Å². The van der Waals surface area contributed by atoms with E-state index in [-0.39, 0.29) is 5.91 Å². The van der Waals surface area contributed by atoms with Gasteiger partial charge in [-0.1, -0.05) is 12.1 Å². The number of carbonyl (C=O) groups excluding carboxylic acids is 1. The van der Waals surface area contributed by atoms with Gasteiger partial charge in [0.25, 0.3) is 5.91 Å². The SMILES string of the molecule is CN(C)c1ccc(CNC(=O)c2n[nH]c3c2CCCC3)cc1. The van der Waals surface area contributed by atoms with Gasteiger partial charge in [0.15, 0.2) is 5.69 Å². The van der Waals surface area contributed by atoms with Crippen molar-refractivity contribution in [2.45, 2.75) is 32.2 Å². The molecule has 0 bridgehead atoms. The molecular formula is C17H22N4O. The van der Waals surface area contributed by atoms with Crippen LogP contribution in [0.2, 0.25) is 0 Å². The number of aromatic nitrogens is 2. The number of aryl methyl sites for hydroxylation is 1. The number of hydrogen-bond donors (Lipinski definition) is 2. The molecule has 0 spiro atoms. The summed E-state index contributed by atoms with van der Waals surface area (Å²) >= 11 is 0. The molecule has 0 saturated heterocycles. The number of benzene rings is 1. The van der Waals surface area contributed by atoms with Crippen LogP contribution in [0.15, 0.2) is 24.3 Å². The Morgan fingerprint density at radius 2 is 1.95 bits per heavy atom. The normalized spacial score (nSPS) is 13.5. The van der Waals surface area contributed by atoms with Crippen LogP contribution in [0.5, 0.6) is 0 Å². The summed E-state index contributed by atoms with van der Waals surface area (Å²) in [5.74, 6) is -0.0870. The Kier molecular flexibility index (Phi) is 4.13. The molecular weight excluding hydrogens is 276 g/mol. The van der Waals surface area contributed by atoms with Crippen molar-refractivity contribution >= 4 is 11.6 Å². The number of nitrogens with zero attached hydrogens (tertiary/aromatic N) is 2. The number of fused-ring (bicyclic) bond motifs is 1. The number of aromatic amines is 1. The fourth-order valence-corrected chi connectivity index (χ4v) is 2.85. The van der Waals surface area contributed by atoms with Crippen LogP contribution < -0.4 is 10.2 Å². The Balaban J connectivity index is 1.64. The monoisotopic (exact) mass is 298 g/mol. The molecule has 0 unspecified atom stereocenters. The maximum Gasteiger partial charge on any atom is 0.272 e. The fraction of sp³-hybridized carbons (Fsp3) is 0.412. The number of nitrogens with one attached hydrogen (secondary N) is 2. The number of hydrogen-bond acceptors (Lipinski definition) is 3. The summed E-state index contributed by atoms with van der Waals surface area (Å²) in [6.45, 7) is 0.522. The first kappa shape index (κ1) is 14.6. The summed E-state index contributed by atoms with van der Waals surface area (Å²) in [4.78, 5) is 14.4. The second kappa shape index (κ2) is 6.22. The minimum atomic E-state index is -0.0870. The highest BCUT2D eigenvalue weighted by Crippen LogP contribution is 2.22. The van der Waals surface area contributed by atoms with Crippen molar-refractivity contribution in [3.05, 3.63) is 46.8 Å². The summed E-state index contributed by atoms with van der Waals surface area (Å²) < 4.78 is 0. The Morgan fingerprint density at radius 1 is 1.23 bits per heavy atom. The third kappa shape index (κ3) is 2.98. The highest BCUT2D eigenvalue weighted by Gasteiger charge is 2.21. The van der Waals surface area contributed by atoms with Crippen molar-refractivity contribution in [3.8, 4) is 0 Å². The first-order valence-electron chi connectivity index (χ1n) is 7.75. The van der Waals surface area contributed by atoms with Crippen LogP contribution in [0.25, 0.3) is 0 Å². The lowest BCUT2D eigenvalue weighted by Gasteiger charge is -2.13. The Hall–Kier alpha value is -2.30. The van der Waals surface area contributed by atoms with Crippen molar-refractivity contribution in [1.29, 1.82) is 0 Å². The molecule has 2 aromatic rings. The molecule has 1 heterocycles. The van der Waals surface area contributed by atoms with Gasteiger partial charge in [-0.25, -0.2) is 0 Å². The lowest BCUT2D eigenvalue weighted by molar-refractivity contribution is 0.0945. The van der Waals surface area contributed by atoms with Crippen molar-refractivity contribution in [1.82, 2.24) is 15.5 Å². The molecule has 5 nitrogen and oxygen atoms in total. The van der Waals surface area contributed by atoms with Crippen LogP contribution >= 0.6 is 0 Å². The molecule has 5 heteroatoms. The standard InChI is InChI=1S/C17H22N4O/c1-21(2)13-9-7-12(8-10-13)11-18-17(22)16-14-5-3-4-6-15(14)19-20-16/h7-10H,3-6,11H2,1-2H3,(H,18,22)(H,19,20). The van der Waals surface area contributed by atoms with Gasteiger partial charge in [-0.3, -0.25) is 9.89 Å². The minimum absolute atomic E-state index is 0.0870. The summed E-state index contributed by atoms with van der Waals surface area (Å²) in [5, 5.41) is 10.2. The molecule has 1 aliphatic carbocycles. The average Bonchev–Trinajstić information content (AvgIpc) is 2.97. The summed E-state index contributed by atoms with van der Waals surface area (Å²) in [5.41, 5.74) is 5.04. The summed E-state index contributed by atoms with van der Waals surface area (Å²) in [6.07, 6.45) is 4.26. The van der Waals surface area contributed by atoms with Gasteiger partial charge in [0.2, 0.25) is 0 Å². The topological polar surface area (TPSA) is 61.0 Å². The molecule has 0 aliphatic heterocycles. The molecule has 1 aromatic heterocycles. The first-order chi connectivity index (χ1) is 10.6. The molecule has 1 aliphatic rings. The first-order valence-corrected chi connectivity index (χ1v) is 7.75. The van der Waals surface area contributed by atoms with Crippen LogP contribution in [0.1, 0.15) is 40.2 Å². The largest absolute Gasteiger partial charge is 0.378 e. The number of rotatable bonds is 4. The van der Waals surface area contributed by atoms with E-state index in [0.717, 1.165) is 41.8 Å². The number of anilines is 1. The number of amides is 1. The zero-order chi connectivity index (χ0) is 15.5. The number of carbonyl (C=O) groups is 1. The Labute approximate surface area is 130 Å². The van der Waals surface area contributed by atoms with Gasteiger partial charge in [-0.05, 0) is 43.4 Å². The van der Waals surface area contributed by atoms with Gasteiger partial charge in [-0.2, -0.15) is 5.10 Å². The zero-order valence-corrected chi connectivity index (χ0v) is 13.1. The van der Waals surface area contributed by atoms with Crippen molar-refractivity contribution in [2.75, 3.05) is 19.0 Å². The maximum absolute atomic E-state index is 12.3. The van der Waals surface area contributed by atoms with Crippen molar-refractivity contribution in [2.24, 2.45) is 0 Å². The van der Waals surface area contributed by atoms with E-state index in [1.807, 2.05) is 26.2 Å². The molecule has 0 atom stereocenters. The molecule has 22 heavy (non-hydrogen) atoms. The average molecular weight is 298 g/mol. The van der Waals surface area contributed by atoms with Gasteiger partial charge in [0.1, 0.15) is 0 Å². The predicted molar refractivity (Wildman–Crippen MR) is 87.2 cm³/mol. The minimum Gasteiger partial charge on any atom is -0.378 e. The lowest BCUT2D eigenvalue weighted by atomic mass is 9.96. The molecule has 0 saturated carbocycles. The smallest absolute Gasteiger partial charge is 0.272 e. The second-order valence-electron chi connectivity index (χ2n) is 5.98. The van der Waals surface area contributed by atoms with Crippen LogP contribution in [0.3, 0.4) is 0 Å². The summed E-state index contributed by atoms with van der Waals surface area (Å²) in [7, 11) is 4.02. The van der Waals surface area contributed by atoms with Crippen LogP contribution in [0, 0.1) is 0 Å². The molecule has 0 radical (unpaired) electrons. The zero-order valence-electron chi connectivity index (χ0n) is 13.1. The van der Waals surface area contributed by atoms with E-state index in [1.165, 1.54) is 6.42 Å². The van der Waals surface area contributed by atoms with E-state index >= 15 is 0 Å². The van der Waals surface area contributed by atoms with Crippen molar-refractivity contribution < 1.29 is 4.79 Å².